The molecule has 1 atom stereocenters. The lowest BCUT2D eigenvalue weighted by Crippen LogP contribution is -2.25. The molecule has 2 nitrogen and oxygen atoms in total. The van der Waals surface area contributed by atoms with Crippen LogP contribution in [0.3, 0.4) is 0 Å². The summed E-state index contributed by atoms with van der Waals surface area (Å²) >= 11 is 0. The SMILES string of the molecule is CCCN(C)c1ccc(F)cc1CC(N)CC. The summed E-state index contributed by atoms with van der Waals surface area (Å²) in [5.74, 6) is -0.183. The van der Waals surface area contributed by atoms with Crippen molar-refractivity contribution in [3.63, 3.8) is 0 Å². The maximum atomic E-state index is 13.3. The molecule has 0 radical (unpaired) electrons. The zero-order valence-corrected chi connectivity index (χ0v) is 11.0. The number of nitrogens with zero attached hydrogens (tertiary/aromatic N) is 1. The van der Waals surface area contributed by atoms with Gasteiger partial charge in [0.15, 0.2) is 0 Å². The summed E-state index contributed by atoms with van der Waals surface area (Å²) in [6.07, 6.45) is 2.72. The largest absolute Gasteiger partial charge is 0.374 e. The summed E-state index contributed by atoms with van der Waals surface area (Å²) in [5, 5.41) is 0. The van der Waals surface area contributed by atoms with Crippen LogP contribution in [0.5, 0.6) is 0 Å². The second-order valence-corrected chi connectivity index (χ2v) is 4.57. The van der Waals surface area contributed by atoms with Crippen LogP contribution < -0.4 is 10.6 Å². The molecule has 0 saturated heterocycles. The molecule has 1 unspecified atom stereocenters. The maximum Gasteiger partial charge on any atom is 0.123 e. The van der Waals surface area contributed by atoms with Crippen molar-refractivity contribution in [2.45, 2.75) is 39.2 Å². The van der Waals surface area contributed by atoms with Crippen LogP contribution in [0.15, 0.2) is 18.2 Å². The Kier molecular flexibility index (Phi) is 5.42. The lowest BCUT2D eigenvalue weighted by Gasteiger charge is -2.23. The van der Waals surface area contributed by atoms with E-state index in [0.29, 0.717) is 0 Å². The van der Waals surface area contributed by atoms with Crippen LogP contribution in [0, 0.1) is 5.82 Å². The van der Waals surface area contributed by atoms with Gasteiger partial charge in [0.1, 0.15) is 5.82 Å². The van der Waals surface area contributed by atoms with Gasteiger partial charge in [-0.25, -0.2) is 4.39 Å². The van der Waals surface area contributed by atoms with Gasteiger partial charge in [-0.2, -0.15) is 0 Å². The van der Waals surface area contributed by atoms with Gasteiger partial charge >= 0.3 is 0 Å². The topological polar surface area (TPSA) is 29.3 Å². The third-order valence-electron chi connectivity index (χ3n) is 3.02. The highest BCUT2D eigenvalue weighted by molar-refractivity contribution is 5.53. The molecule has 17 heavy (non-hydrogen) atoms. The average Bonchev–Trinajstić information content (AvgIpc) is 2.29. The fourth-order valence-electron chi connectivity index (χ4n) is 1.97. The predicted molar refractivity (Wildman–Crippen MR) is 71.9 cm³/mol. The van der Waals surface area contributed by atoms with Crippen molar-refractivity contribution in [3.8, 4) is 0 Å². The Hall–Kier alpha value is -1.09. The van der Waals surface area contributed by atoms with Gasteiger partial charge in [-0.1, -0.05) is 13.8 Å². The van der Waals surface area contributed by atoms with Crippen LogP contribution in [0.1, 0.15) is 32.3 Å². The normalized spacial score (nSPS) is 12.5. The third-order valence-corrected chi connectivity index (χ3v) is 3.02. The van der Waals surface area contributed by atoms with Gasteiger partial charge in [0, 0.05) is 25.3 Å². The first kappa shape index (κ1) is 14.0. The van der Waals surface area contributed by atoms with Crippen LogP contribution in [0.4, 0.5) is 10.1 Å². The van der Waals surface area contributed by atoms with E-state index in [4.69, 9.17) is 5.73 Å². The molecule has 2 N–H and O–H groups in total. The molecule has 0 aliphatic rings. The molecular weight excluding hydrogens is 215 g/mol. The van der Waals surface area contributed by atoms with E-state index in [9.17, 15) is 4.39 Å². The van der Waals surface area contributed by atoms with Gasteiger partial charge in [-0.3, -0.25) is 0 Å². The fraction of sp³-hybridized carbons (Fsp3) is 0.571. The van der Waals surface area contributed by atoms with Gasteiger partial charge in [-0.05, 0) is 43.0 Å². The van der Waals surface area contributed by atoms with Gasteiger partial charge in [0.2, 0.25) is 0 Å². The zero-order chi connectivity index (χ0) is 12.8. The van der Waals surface area contributed by atoms with E-state index in [2.05, 4.69) is 18.7 Å². The van der Waals surface area contributed by atoms with Crippen LogP contribution in [0.2, 0.25) is 0 Å². The maximum absolute atomic E-state index is 13.3. The Balaban J connectivity index is 2.94. The molecule has 0 amide bonds. The molecular formula is C14H23FN2. The van der Waals surface area contributed by atoms with E-state index in [-0.39, 0.29) is 11.9 Å². The zero-order valence-electron chi connectivity index (χ0n) is 11.0. The number of anilines is 1. The predicted octanol–water partition coefficient (Wildman–Crippen LogP) is 2.95. The molecule has 1 aromatic rings. The molecule has 1 aromatic carbocycles. The number of nitrogens with two attached hydrogens (primary N) is 1. The quantitative estimate of drug-likeness (QED) is 0.825. The lowest BCUT2D eigenvalue weighted by atomic mass is 10.0. The summed E-state index contributed by atoms with van der Waals surface area (Å²) < 4.78 is 13.3. The Morgan fingerprint density at radius 3 is 2.65 bits per heavy atom. The molecule has 0 aliphatic heterocycles. The van der Waals surface area contributed by atoms with Gasteiger partial charge in [0.05, 0.1) is 0 Å². The van der Waals surface area contributed by atoms with Crippen molar-refractivity contribution >= 4 is 5.69 Å². The van der Waals surface area contributed by atoms with E-state index in [1.807, 2.05) is 13.1 Å². The Morgan fingerprint density at radius 1 is 1.35 bits per heavy atom. The lowest BCUT2D eigenvalue weighted by molar-refractivity contribution is 0.613. The Morgan fingerprint density at radius 2 is 2.06 bits per heavy atom. The first-order chi connectivity index (χ1) is 8.08. The minimum atomic E-state index is -0.183. The second-order valence-electron chi connectivity index (χ2n) is 4.57. The molecule has 3 heteroatoms. The van der Waals surface area contributed by atoms with Crippen LogP contribution >= 0.6 is 0 Å². The Labute approximate surface area is 104 Å². The second kappa shape index (κ2) is 6.60. The summed E-state index contributed by atoms with van der Waals surface area (Å²) in [6.45, 7) is 5.16. The number of rotatable bonds is 6. The average molecular weight is 238 g/mol. The molecule has 0 aliphatic carbocycles. The molecule has 96 valence electrons. The first-order valence-electron chi connectivity index (χ1n) is 6.33. The number of benzene rings is 1. The molecule has 0 saturated carbocycles. The molecule has 0 bridgehead atoms. The fourth-order valence-corrected chi connectivity index (χ4v) is 1.97. The summed E-state index contributed by atoms with van der Waals surface area (Å²) in [5.41, 5.74) is 8.06. The molecule has 0 fully saturated rings. The summed E-state index contributed by atoms with van der Waals surface area (Å²) in [6, 6.07) is 5.08. The van der Waals surface area contributed by atoms with Crippen molar-refractivity contribution in [3.05, 3.63) is 29.6 Å². The minimum absolute atomic E-state index is 0.102. The van der Waals surface area contributed by atoms with E-state index < -0.39 is 0 Å². The van der Waals surface area contributed by atoms with E-state index in [1.165, 1.54) is 6.07 Å². The summed E-state index contributed by atoms with van der Waals surface area (Å²) in [4.78, 5) is 2.16. The number of hydrogen-bond acceptors (Lipinski definition) is 2. The third kappa shape index (κ3) is 4.00. The highest BCUT2D eigenvalue weighted by Gasteiger charge is 2.11. The van der Waals surface area contributed by atoms with Gasteiger partial charge in [0.25, 0.3) is 0 Å². The van der Waals surface area contributed by atoms with Crippen molar-refractivity contribution in [1.82, 2.24) is 0 Å². The Bertz CT molecular complexity index is 352. The van der Waals surface area contributed by atoms with Crippen molar-refractivity contribution < 1.29 is 4.39 Å². The molecule has 1 rings (SSSR count). The standard InChI is InChI=1S/C14H23FN2/c1-4-8-17(3)14-7-6-12(15)9-11(14)10-13(16)5-2/h6-7,9,13H,4-5,8,10,16H2,1-3H3. The molecule has 0 spiro atoms. The highest BCUT2D eigenvalue weighted by Crippen LogP contribution is 2.22. The van der Waals surface area contributed by atoms with Crippen molar-refractivity contribution in [2.75, 3.05) is 18.5 Å². The van der Waals surface area contributed by atoms with E-state index in [0.717, 1.165) is 37.1 Å². The van der Waals surface area contributed by atoms with Crippen molar-refractivity contribution in [2.24, 2.45) is 5.73 Å². The van der Waals surface area contributed by atoms with Gasteiger partial charge < -0.3 is 10.6 Å². The van der Waals surface area contributed by atoms with E-state index in [1.54, 1.807) is 6.07 Å². The van der Waals surface area contributed by atoms with E-state index >= 15 is 0 Å². The molecule has 0 heterocycles. The monoisotopic (exact) mass is 238 g/mol. The number of hydrogen-bond donors (Lipinski definition) is 1. The number of halogens is 1. The minimum Gasteiger partial charge on any atom is -0.374 e. The van der Waals surface area contributed by atoms with Gasteiger partial charge in [-0.15, -0.1) is 0 Å². The molecule has 0 aromatic heterocycles. The smallest absolute Gasteiger partial charge is 0.123 e. The van der Waals surface area contributed by atoms with Crippen LogP contribution in [-0.4, -0.2) is 19.6 Å². The van der Waals surface area contributed by atoms with Crippen molar-refractivity contribution in [1.29, 1.82) is 0 Å². The summed E-state index contributed by atoms with van der Waals surface area (Å²) in [7, 11) is 2.04. The first-order valence-corrected chi connectivity index (χ1v) is 6.33. The van der Waals surface area contributed by atoms with Crippen LogP contribution in [0.25, 0.3) is 0 Å². The van der Waals surface area contributed by atoms with Crippen LogP contribution in [-0.2, 0) is 6.42 Å². The highest BCUT2D eigenvalue weighted by atomic mass is 19.1.